The van der Waals surface area contributed by atoms with Gasteiger partial charge in [0.25, 0.3) is 0 Å². The van der Waals surface area contributed by atoms with E-state index < -0.39 is 0 Å². The summed E-state index contributed by atoms with van der Waals surface area (Å²) in [6.07, 6.45) is 8.85. The van der Waals surface area contributed by atoms with Crippen LogP contribution in [-0.2, 0) is 16.1 Å². The summed E-state index contributed by atoms with van der Waals surface area (Å²) in [4.78, 5) is 0. The lowest BCUT2D eigenvalue weighted by Crippen LogP contribution is -1.96. The lowest BCUT2D eigenvalue weighted by Gasteiger charge is -2.06. The van der Waals surface area contributed by atoms with Crippen LogP contribution in [0.3, 0.4) is 0 Å². The van der Waals surface area contributed by atoms with E-state index >= 15 is 0 Å². The van der Waals surface area contributed by atoms with E-state index in [0.717, 1.165) is 43.3 Å². The zero-order chi connectivity index (χ0) is 16.2. The van der Waals surface area contributed by atoms with Gasteiger partial charge in [-0.05, 0) is 37.5 Å². The topological polar surface area (TPSA) is 36.9 Å². The summed E-state index contributed by atoms with van der Waals surface area (Å²) < 4.78 is 21.7. The normalized spacial score (nSPS) is 12.7. The van der Waals surface area contributed by atoms with Crippen LogP contribution in [0.2, 0.25) is 0 Å². The Kier molecular flexibility index (Phi) is 8.89. The SMILES string of the molecule is CCOCCCCCCCCCOCc1ccc2c(c1)OCO2. The number of benzene rings is 1. The van der Waals surface area contributed by atoms with E-state index in [9.17, 15) is 0 Å². The highest BCUT2D eigenvalue weighted by atomic mass is 16.7. The van der Waals surface area contributed by atoms with Gasteiger partial charge in [-0.1, -0.05) is 38.2 Å². The van der Waals surface area contributed by atoms with E-state index in [-0.39, 0.29) is 0 Å². The van der Waals surface area contributed by atoms with Gasteiger partial charge in [0.1, 0.15) is 0 Å². The molecule has 1 aliphatic rings. The Morgan fingerprint density at radius 2 is 1.48 bits per heavy atom. The lowest BCUT2D eigenvalue weighted by atomic mass is 10.1. The van der Waals surface area contributed by atoms with Crippen LogP contribution in [0.15, 0.2) is 18.2 Å². The molecule has 0 radical (unpaired) electrons. The number of hydrogen-bond acceptors (Lipinski definition) is 4. The Balaban J connectivity index is 1.40. The average Bonchev–Trinajstić information content (AvgIpc) is 3.03. The number of fused-ring (bicyclic) bond motifs is 1. The third-order valence-corrected chi connectivity index (χ3v) is 3.99. The Morgan fingerprint density at radius 3 is 2.22 bits per heavy atom. The van der Waals surface area contributed by atoms with Crippen molar-refractivity contribution in [3.8, 4) is 11.5 Å². The molecule has 0 amide bonds. The van der Waals surface area contributed by atoms with Gasteiger partial charge in [0.05, 0.1) is 6.61 Å². The minimum Gasteiger partial charge on any atom is -0.454 e. The van der Waals surface area contributed by atoms with E-state index in [1.165, 1.54) is 38.5 Å². The zero-order valence-corrected chi connectivity index (χ0v) is 14.4. The van der Waals surface area contributed by atoms with Crippen molar-refractivity contribution in [2.45, 2.75) is 58.5 Å². The summed E-state index contributed by atoms with van der Waals surface area (Å²) in [6.45, 7) is 5.61. The molecular weight excluding hydrogens is 292 g/mol. The molecule has 1 aromatic carbocycles. The van der Waals surface area contributed by atoms with Gasteiger partial charge in [0.2, 0.25) is 6.79 Å². The van der Waals surface area contributed by atoms with Crippen molar-refractivity contribution in [1.29, 1.82) is 0 Å². The van der Waals surface area contributed by atoms with Crippen LogP contribution in [-0.4, -0.2) is 26.6 Å². The van der Waals surface area contributed by atoms with E-state index in [0.29, 0.717) is 13.4 Å². The molecule has 0 atom stereocenters. The molecule has 130 valence electrons. The van der Waals surface area contributed by atoms with Crippen molar-refractivity contribution in [3.63, 3.8) is 0 Å². The van der Waals surface area contributed by atoms with Gasteiger partial charge in [0.15, 0.2) is 11.5 Å². The molecule has 1 aromatic rings. The summed E-state index contributed by atoms with van der Waals surface area (Å²) >= 11 is 0. The maximum atomic E-state index is 5.74. The van der Waals surface area contributed by atoms with Gasteiger partial charge in [-0.2, -0.15) is 0 Å². The second-order valence-corrected chi connectivity index (χ2v) is 5.91. The number of unbranched alkanes of at least 4 members (excludes halogenated alkanes) is 6. The molecular formula is C19H30O4. The van der Waals surface area contributed by atoms with Crippen molar-refractivity contribution in [2.24, 2.45) is 0 Å². The Morgan fingerprint density at radius 1 is 0.826 bits per heavy atom. The minimum atomic E-state index is 0.325. The molecule has 0 aromatic heterocycles. The van der Waals surface area contributed by atoms with Crippen molar-refractivity contribution in [1.82, 2.24) is 0 Å². The number of hydrogen-bond donors (Lipinski definition) is 0. The van der Waals surface area contributed by atoms with Crippen LogP contribution < -0.4 is 9.47 Å². The first-order chi connectivity index (χ1) is 11.4. The molecule has 0 aliphatic carbocycles. The predicted octanol–water partition coefficient (Wildman–Crippen LogP) is 4.70. The molecule has 1 aliphatic heterocycles. The van der Waals surface area contributed by atoms with Gasteiger partial charge in [0, 0.05) is 19.8 Å². The molecule has 0 fully saturated rings. The van der Waals surface area contributed by atoms with E-state index in [4.69, 9.17) is 18.9 Å². The molecule has 1 heterocycles. The molecule has 0 bridgehead atoms. The maximum Gasteiger partial charge on any atom is 0.231 e. The molecule has 23 heavy (non-hydrogen) atoms. The fourth-order valence-corrected chi connectivity index (χ4v) is 2.66. The highest BCUT2D eigenvalue weighted by molar-refractivity contribution is 5.44. The first-order valence-corrected chi connectivity index (χ1v) is 8.94. The minimum absolute atomic E-state index is 0.325. The molecule has 2 rings (SSSR count). The number of rotatable bonds is 13. The monoisotopic (exact) mass is 322 g/mol. The summed E-state index contributed by atoms with van der Waals surface area (Å²) in [5.41, 5.74) is 1.14. The van der Waals surface area contributed by atoms with E-state index in [1.807, 2.05) is 18.2 Å². The van der Waals surface area contributed by atoms with Crippen LogP contribution in [0.4, 0.5) is 0 Å². The van der Waals surface area contributed by atoms with Crippen LogP contribution >= 0.6 is 0 Å². The van der Waals surface area contributed by atoms with Crippen molar-refractivity contribution in [3.05, 3.63) is 23.8 Å². The molecule has 0 saturated heterocycles. The van der Waals surface area contributed by atoms with Crippen LogP contribution in [0.5, 0.6) is 11.5 Å². The smallest absolute Gasteiger partial charge is 0.231 e. The van der Waals surface area contributed by atoms with Gasteiger partial charge in [-0.25, -0.2) is 0 Å². The summed E-state index contributed by atoms with van der Waals surface area (Å²) in [5, 5.41) is 0. The predicted molar refractivity (Wildman–Crippen MR) is 91.0 cm³/mol. The van der Waals surface area contributed by atoms with Crippen LogP contribution in [0, 0.1) is 0 Å². The second-order valence-electron chi connectivity index (χ2n) is 5.91. The molecule has 0 unspecified atom stereocenters. The Labute approximate surface area is 140 Å². The largest absolute Gasteiger partial charge is 0.454 e. The third-order valence-electron chi connectivity index (χ3n) is 3.99. The Hall–Kier alpha value is -1.26. The molecule has 0 saturated carbocycles. The molecule has 4 nitrogen and oxygen atoms in total. The van der Waals surface area contributed by atoms with Gasteiger partial charge < -0.3 is 18.9 Å². The van der Waals surface area contributed by atoms with Gasteiger partial charge in [-0.3, -0.25) is 0 Å². The summed E-state index contributed by atoms with van der Waals surface area (Å²) in [7, 11) is 0. The van der Waals surface area contributed by atoms with Crippen LogP contribution in [0.25, 0.3) is 0 Å². The van der Waals surface area contributed by atoms with Crippen molar-refractivity contribution < 1.29 is 18.9 Å². The highest BCUT2D eigenvalue weighted by Crippen LogP contribution is 2.32. The van der Waals surface area contributed by atoms with Crippen LogP contribution in [0.1, 0.15) is 57.4 Å². The standard InChI is InChI=1S/C19H30O4/c1-2-20-12-8-6-4-3-5-7-9-13-21-15-17-10-11-18-19(14-17)23-16-22-18/h10-11,14H,2-9,12-13,15-16H2,1H3. The van der Waals surface area contributed by atoms with E-state index in [2.05, 4.69) is 6.92 Å². The lowest BCUT2D eigenvalue weighted by molar-refractivity contribution is 0.116. The van der Waals surface area contributed by atoms with Gasteiger partial charge >= 0.3 is 0 Å². The average molecular weight is 322 g/mol. The van der Waals surface area contributed by atoms with Crippen molar-refractivity contribution in [2.75, 3.05) is 26.6 Å². The molecule has 0 N–H and O–H groups in total. The first-order valence-electron chi connectivity index (χ1n) is 8.94. The molecule has 0 spiro atoms. The first kappa shape index (κ1) is 18.1. The highest BCUT2D eigenvalue weighted by Gasteiger charge is 2.12. The maximum absolute atomic E-state index is 5.74. The Bertz CT molecular complexity index is 433. The second kappa shape index (κ2) is 11.3. The summed E-state index contributed by atoms with van der Waals surface area (Å²) in [6, 6.07) is 5.99. The summed E-state index contributed by atoms with van der Waals surface area (Å²) in [5.74, 6) is 1.66. The van der Waals surface area contributed by atoms with Crippen molar-refractivity contribution >= 4 is 0 Å². The fraction of sp³-hybridized carbons (Fsp3) is 0.684. The third kappa shape index (κ3) is 7.23. The van der Waals surface area contributed by atoms with Gasteiger partial charge in [-0.15, -0.1) is 0 Å². The zero-order valence-electron chi connectivity index (χ0n) is 14.4. The van der Waals surface area contributed by atoms with E-state index in [1.54, 1.807) is 0 Å². The quantitative estimate of drug-likeness (QED) is 0.493. The molecule has 4 heteroatoms. The fourth-order valence-electron chi connectivity index (χ4n) is 2.66. The number of ether oxygens (including phenoxy) is 4.